The standard InChI is InChI=1S/C17H18FN3O5S/c1-12(17(22)19-11-13-6-8-14(18)9-7-13)20(27(2,25)26)15-4-3-5-16(10-15)21(23)24/h3-10,12H,11H2,1-2H3,(H,19,22)/t12-/m0/s1. The first-order chi connectivity index (χ1) is 12.6. The zero-order chi connectivity index (χ0) is 20.2. The molecule has 0 aliphatic carbocycles. The maximum atomic E-state index is 12.9. The summed E-state index contributed by atoms with van der Waals surface area (Å²) >= 11 is 0. The average Bonchev–Trinajstić information content (AvgIpc) is 2.60. The highest BCUT2D eigenvalue weighted by Crippen LogP contribution is 2.25. The minimum Gasteiger partial charge on any atom is -0.350 e. The molecule has 0 unspecified atom stereocenters. The van der Waals surface area contributed by atoms with Crippen LogP contribution in [0.3, 0.4) is 0 Å². The van der Waals surface area contributed by atoms with Crippen LogP contribution >= 0.6 is 0 Å². The van der Waals surface area contributed by atoms with Crippen LogP contribution in [0, 0.1) is 15.9 Å². The van der Waals surface area contributed by atoms with Crippen molar-refractivity contribution in [3.63, 3.8) is 0 Å². The Morgan fingerprint density at radius 3 is 2.44 bits per heavy atom. The van der Waals surface area contributed by atoms with Gasteiger partial charge in [-0.05, 0) is 30.7 Å². The van der Waals surface area contributed by atoms with Crippen molar-refractivity contribution in [3.8, 4) is 0 Å². The Morgan fingerprint density at radius 2 is 1.89 bits per heavy atom. The summed E-state index contributed by atoms with van der Waals surface area (Å²) in [7, 11) is -3.89. The summed E-state index contributed by atoms with van der Waals surface area (Å²) in [4.78, 5) is 22.7. The molecule has 0 saturated heterocycles. The van der Waals surface area contributed by atoms with Crippen LogP contribution < -0.4 is 9.62 Å². The van der Waals surface area contributed by atoms with Crippen molar-refractivity contribution in [1.29, 1.82) is 0 Å². The van der Waals surface area contributed by atoms with E-state index in [1.807, 2.05) is 0 Å². The van der Waals surface area contributed by atoms with Crippen LogP contribution in [0.5, 0.6) is 0 Å². The van der Waals surface area contributed by atoms with E-state index in [9.17, 15) is 27.7 Å². The molecule has 0 aliphatic heterocycles. The van der Waals surface area contributed by atoms with E-state index in [0.717, 1.165) is 16.6 Å². The number of halogens is 1. The second-order valence-electron chi connectivity index (χ2n) is 5.86. The monoisotopic (exact) mass is 395 g/mol. The summed E-state index contributed by atoms with van der Waals surface area (Å²) < 4.78 is 38.1. The first-order valence-corrected chi connectivity index (χ1v) is 9.70. The lowest BCUT2D eigenvalue weighted by Gasteiger charge is -2.28. The highest BCUT2D eigenvalue weighted by molar-refractivity contribution is 7.92. The van der Waals surface area contributed by atoms with Crippen molar-refractivity contribution >= 4 is 27.3 Å². The molecule has 27 heavy (non-hydrogen) atoms. The maximum Gasteiger partial charge on any atom is 0.271 e. The Kier molecular flexibility index (Phi) is 6.11. The van der Waals surface area contributed by atoms with E-state index in [0.29, 0.717) is 5.56 Å². The van der Waals surface area contributed by atoms with E-state index >= 15 is 0 Å². The number of nitro groups is 1. The third-order valence-electron chi connectivity index (χ3n) is 3.76. The molecule has 144 valence electrons. The van der Waals surface area contributed by atoms with Crippen LogP contribution in [-0.2, 0) is 21.4 Å². The van der Waals surface area contributed by atoms with Gasteiger partial charge in [0.2, 0.25) is 15.9 Å². The molecule has 0 fully saturated rings. The lowest BCUT2D eigenvalue weighted by atomic mass is 10.2. The van der Waals surface area contributed by atoms with Gasteiger partial charge in [0, 0.05) is 18.7 Å². The molecule has 2 aromatic rings. The van der Waals surface area contributed by atoms with Gasteiger partial charge in [-0.15, -0.1) is 0 Å². The minimum absolute atomic E-state index is 0.0103. The molecule has 0 bridgehead atoms. The first-order valence-electron chi connectivity index (χ1n) is 7.85. The number of nitro benzene ring substituents is 1. The predicted octanol–water partition coefficient (Wildman–Crippen LogP) is 2.20. The summed E-state index contributed by atoms with van der Waals surface area (Å²) in [5.41, 5.74) is 0.356. The molecule has 0 aromatic heterocycles. The lowest BCUT2D eigenvalue weighted by molar-refractivity contribution is -0.384. The third-order valence-corrected chi connectivity index (χ3v) is 5.01. The Labute approximate surface area is 155 Å². The smallest absolute Gasteiger partial charge is 0.271 e. The summed E-state index contributed by atoms with van der Waals surface area (Å²) in [6.45, 7) is 1.45. The molecule has 0 spiro atoms. The van der Waals surface area contributed by atoms with Gasteiger partial charge in [0.15, 0.2) is 0 Å². The Morgan fingerprint density at radius 1 is 1.26 bits per heavy atom. The molecule has 0 heterocycles. The zero-order valence-electron chi connectivity index (χ0n) is 14.6. The van der Waals surface area contributed by atoms with E-state index in [1.54, 1.807) is 0 Å². The Balaban J connectivity index is 2.23. The van der Waals surface area contributed by atoms with Crippen molar-refractivity contribution in [2.75, 3.05) is 10.6 Å². The van der Waals surface area contributed by atoms with Crippen molar-refractivity contribution in [3.05, 3.63) is 70.0 Å². The molecule has 10 heteroatoms. The van der Waals surface area contributed by atoms with Crippen LogP contribution in [0.2, 0.25) is 0 Å². The second-order valence-corrected chi connectivity index (χ2v) is 7.72. The zero-order valence-corrected chi connectivity index (χ0v) is 15.4. The van der Waals surface area contributed by atoms with E-state index < -0.39 is 32.7 Å². The van der Waals surface area contributed by atoms with E-state index in [-0.39, 0.29) is 17.9 Å². The quantitative estimate of drug-likeness (QED) is 0.571. The molecule has 0 radical (unpaired) electrons. The molecule has 1 atom stereocenters. The fourth-order valence-electron chi connectivity index (χ4n) is 2.49. The number of anilines is 1. The van der Waals surface area contributed by atoms with Gasteiger partial charge >= 0.3 is 0 Å². The highest BCUT2D eigenvalue weighted by atomic mass is 32.2. The van der Waals surface area contributed by atoms with Crippen molar-refractivity contribution in [2.45, 2.75) is 19.5 Å². The van der Waals surface area contributed by atoms with Crippen LogP contribution in [0.4, 0.5) is 15.8 Å². The summed E-state index contributed by atoms with van der Waals surface area (Å²) in [5, 5.41) is 13.5. The van der Waals surface area contributed by atoms with Crippen LogP contribution in [0.15, 0.2) is 48.5 Å². The largest absolute Gasteiger partial charge is 0.350 e. The van der Waals surface area contributed by atoms with Gasteiger partial charge in [-0.2, -0.15) is 0 Å². The first kappa shape index (κ1) is 20.3. The maximum absolute atomic E-state index is 12.9. The van der Waals surface area contributed by atoms with Crippen LogP contribution in [0.25, 0.3) is 0 Å². The predicted molar refractivity (Wildman–Crippen MR) is 98.1 cm³/mol. The van der Waals surface area contributed by atoms with Gasteiger partial charge in [0.05, 0.1) is 16.9 Å². The van der Waals surface area contributed by atoms with Crippen LogP contribution in [-0.4, -0.2) is 31.5 Å². The number of hydrogen-bond donors (Lipinski definition) is 1. The lowest BCUT2D eigenvalue weighted by Crippen LogP contribution is -2.47. The summed E-state index contributed by atoms with van der Waals surface area (Å²) in [5.74, 6) is -1.01. The van der Waals surface area contributed by atoms with Crippen molar-refractivity contribution < 1.29 is 22.5 Å². The molecule has 1 N–H and O–H groups in total. The Hall–Kier alpha value is -3.01. The number of nitrogens with one attached hydrogen (secondary N) is 1. The normalized spacial score (nSPS) is 12.3. The molecule has 0 saturated carbocycles. The number of nitrogens with zero attached hydrogens (tertiary/aromatic N) is 2. The number of sulfonamides is 1. The van der Waals surface area contributed by atoms with Gasteiger partial charge in [-0.3, -0.25) is 19.2 Å². The summed E-state index contributed by atoms with van der Waals surface area (Å²) in [6.07, 6.45) is 0.912. The number of benzene rings is 2. The van der Waals surface area contributed by atoms with Gasteiger partial charge in [0.1, 0.15) is 11.9 Å². The molecule has 0 aliphatic rings. The molecule has 2 aromatic carbocycles. The number of hydrogen-bond acceptors (Lipinski definition) is 5. The highest BCUT2D eigenvalue weighted by Gasteiger charge is 2.29. The van der Waals surface area contributed by atoms with E-state index in [2.05, 4.69) is 5.32 Å². The van der Waals surface area contributed by atoms with E-state index in [4.69, 9.17) is 0 Å². The second kappa shape index (κ2) is 8.12. The molecular weight excluding hydrogens is 377 g/mol. The minimum atomic E-state index is -3.89. The number of amides is 1. The van der Waals surface area contributed by atoms with Crippen molar-refractivity contribution in [2.24, 2.45) is 0 Å². The number of non-ortho nitro benzene ring substituents is 1. The molecule has 2 rings (SSSR count). The average molecular weight is 395 g/mol. The van der Waals surface area contributed by atoms with Gasteiger partial charge in [-0.25, -0.2) is 12.8 Å². The summed E-state index contributed by atoms with van der Waals surface area (Å²) in [6, 6.07) is 9.36. The number of rotatable bonds is 7. The van der Waals surface area contributed by atoms with Crippen molar-refractivity contribution in [1.82, 2.24) is 5.32 Å². The Bertz CT molecular complexity index is 947. The fraction of sp³-hybridized carbons (Fsp3) is 0.235. The topological polar surface area (TPSA) is 110 Å². The molecular formula is C17H18FN3O5S. The third kappa shape index (κ3) is 5.23. The molecule has 1 amide bonds. The van der Waals surface area contributed by atoms with Crippen LogP contribution in [0.1, 0.15) is 12.5 Å². The SMILES string of the molecule is C[C@@H](C(=O)NCc1ccc(F)cc1)N(c1cccc([N+](=O)[O-])c1)S(C)(=O)=O. The number of carbonyl (C=O) groups is 1. The van der Waals surface area contributed by atoms with Gasteiger partial charge in [-0.1, -0.05) is 18.2 Å². The fourth-order valence-corrected chi connectivity index (χ4v) is 3.66. The van der Waals surface area contributed by atoms with Gasteiger partial charge in [0.25, 0.3) is 5.69 Å². The van der Waals surface area contributed by atoms with E-state index in [1.165, 1.54) is 49.4 Å². The number of carbonyl (C=O) groups excluding carboxylic acids is 1. The molecule has 8 nitrogen and oxygen atoms in total. The van der Waals surface area contributed by atoms with Gasteiger partial charge < -0.3 is 5.32 Å².